The van der Waals surface area contributed by atoms with E-state index in [1.165, 1.54) is 5.56 Å². The summed E-state index contributed by atoms with van der Waals surface area (Å²) < 4.78 is 7.43. The number of aromatic nitrogens is 2. The van der Waals surface area contributed by atoms with Crippen LogP contribution in [0.1, 0.15) is 12.0 Å². The van der Waals surface area contributed by atoms with Crippen molar-refractivity contribution in [2.24, 2.45) is 0 Å². The monoisotopic (exact) mass is 342 g/mol. The molecule has 0 spiro atoms. The summed E-state index contributed by atoms with van der Waals surface area (Å²) in [6.45, 7) is 6.29. The van der Waals surface area contributed by atoms with Crippen LogP contribution in [0.5, 0.6) is 0 Å². The molecule has 6 nitrogen and oxygen atoms in total. The molecule has 1 aromatic carbocycles. The molecule has 3 heterocycles. The van der Waals surface area contributed by atoms with Gasteiger partial charge in [-0.3, -0.25) is 9.80 Å². The molecule has 0 radical (unpaired) electrons. The van der Waals surface area contributed by atoms with Gasteiger partial charge in [0.1, 0.15) is 0 Å². The molecule has 0 amide bonds. The first-order chi connectivity index (χ1) is 12.3. The van der Waals surface area contributed by atoms with Crippen LogP contribution in [0.15, 0.2) is 43.0 Å². The van der Waals surface area contributed by atoms with Gasteiger partial charge in [0.15, 0.2) is 0 Å². The summed E-state index contributed by atoms with van der Waals surface area (Å²) in [6, 6.07) is 8.87. The molecule has 2 fully saturated rings. The maximum Gasteiger partial charge on any atom is 0.0991 e. The van der Waals surface area contributed by atoms with Gasteiger partial charge < -0.3 is 14.4 Å². The molecular formula is C19H26N4O2. The molecule has 2 aliphatic rings. The van der Waals surface area contributed by atoms with Gasteiger partial charge in [0, 0.05) is 37.7 Å². The zero-order valence-electron chi connectivity index (χ0n) is 14.5. The first kappa shape index (κ1) is 16.7. The molecule has 1 aromatic heterocycles. The van der Waals surface area contributed by atoms with E-state index in [0.29, 0.717) is 13.2 Å². The topological polar surface area (TPSA) is 53.8 Å². The van der Waals surface area contributed by atoms with Crippen molar-refractivity contribution in [1.82, 2.24) is 19.4 Å². The Morgan fingerprint density at radius 1 is 1.08 bits per heavy atom. The molecular weight excluding hydrogens is 316 g/mol. The molecule has 2 aromatic rings. The number of hydrogen-bond acceptors (Lipinski definition) is 5. The fourth-order valence-electron chi connectivity index (χ4n) is 3.80. The zero-order valence-corrected chi connectivity index (χ0v) is 14.5. The Bertz CT molecular complexity index is 659. The molecule has 0 saturated carbocycles. The first-order valence-electron chi connectivity index (χ1n) is 9.09. The van der Waals surface area contributed by atoms with Gasteiger partial charge in [-0.2, -0.15) is 0 Å². The summed E-state index contributed by atoms with van der Waals surface area (Å²) in [7, 11) is 0. The van der Waals surface area contributed by atoms with Gasteiger partial charge in [0.05, 0.1) is 31.7 Å². The average molecular weight is 342 g/mol. The highest BCUT2D eigenvalue weighted by atomic mass is 16.5. The van der Waals surface area contributed by atoms with Crippen molar-refractivity contribution >= 4 is 0 Å². The third-order valence-electron chi connectivity index (χ3n) is 5.26. The minimum atomic E-state index is -0.331. The lowest BCUT2D eigenvalue weighted by atomic mass is 10.2. The van der Waals surface area contributed by atoms with Gasteiger partial charge in [-0.1, -0.05) is 12.1 Å². The second-order valence-electron chi connectivity index (χ2n) is 6.97. The molecule has 2 atom stereocenters. The van der Waals surface area contributed by atoms with Crippen LogP contribution in [0, 0.1) is 0 Å². The maximum atomic E-state index is 10.1. The molecule has 1 N–H and O–H groups in total. The normalized spacial score (nSPS) is 26.0. The Kier molecular flexibility index (Phi) is 5.12. The highest BCUT2D eigenvalue weighted by Gasteiger charge is 2.32. The molecule has 0 bridgehead atoms. The van der Waals surface area contributed by atoms with E-state index in [9.17, 15) is 5.11 Å². The Morgan fingerprint density at radius 3 is 2.68 bits per heavy atom. The Labute approximate surface area is 148 Å². The van der Waals surface area contributed by atoms with E-state index in [-0.39, 0.29) is 12.1 Å². The lowest BCUT2D eigenvalue weighted by Gasteiger charge is -2.28. The van der Waals surface area contributed by atoms with Crippen molar-refractivity contribution in [2.45, 2.75) is 25.1 Å². The molecule has 2 aliphatic heterocycles. The van der Waals surface area contributed by atoms with Crippen LogP contribution in [-0.4, -0.2) is 76.0 Å². The van der Waals surface area contributed by atoms with Crippen molar-refractivity contribution in [3.05, 3.63) is 48.5 Å². The van der Waals surface area contributed by atoms with Gasteiger partial charge >= 0.3 is 0 Å². The van der Waals surface area contributed by atoms with Crippen molar-refractivity contribution in [3.8, 4) is 5.69 Å². The van der Waals surface area contributed by atoms with Crippen LogP contribution in [0.4, 0.5) is 0 Å². The SMILES string of the molecule is O[C@@H]1COC[C@H]1N1CCCN(Cc2ccc(-n3ccnc3)cc2)CC1. The zero-order chi connectivity index (χ0) is 17.1. The van der Waals surface area contributed by atoms with Crippen molar-refractivity contribution < 1.29 is 9.84 Å². The van der Waals surface area contributed by atoms with Crippen LogP contribution >= 0.6 is 0 Å². The number of benzene rings is 1. The minimum Gasteiger partial charge on any atom is -0.389 e. The molecule has 6 heteroatoms. The van der Waals surface area contributed by atoms with Crippen molar-refractivity contribution in [3.63, 3.8) is 0 Å². The number of ether oxygens (including phenoxy) is 1. The summed E-state index contributed by atoms with van der Waals surface area (Å²) in [5.41, 5.74) is 2.47. The summed E-state index contributed by atoms with van der Waals surface area (Å²) in [5.74, 6) is 0. The van der Waals surface area contributed by atoms with Gasteiger partial charge in [-0.05, 0) is 37.2 Å². The van der Waals surface area contributed by atoms with Gasteiger partial charge in [0.25, 0.3) is 0 Å². The standard InChI is InChI=1S/C19H26N4O2/c24-19-14-25-13-18(19)22-8-1-7-21(10-11-22)12-16-2-4-17(5-3-16)23-9-6-20-15-23/h2-6,9,15,18-19,24H,1,7-8,10-14H2/t18-,19-/m1/s1. The predicted molar refractivity (Wildman–Crippen MR) is 95.6 cm³/mol. The molecule has 0 unspecified atom stereocenters. The molecule has 134 valence electrons. The Morgan fingerprint density at radius 2 is 1.96 bits per heavy atom. The lowest BCUT2D eigenvalue weighted by molar-refractivity contribution is 0.0837. The van der Waals surface area contributed by atoms with Gasteiger partial charge in [0.2, 0.25) is 0 Å². The van der Waals surface area contributed by atoms with Crippen LogP contribution < -0.4 is 0 Å². The van der Waals surface area contributed by atoms with Gasteiger partial charge in [-0.15, -0.1) is 0 Å². The van der Waals surface area contributed by atoms with E-state index < -0.39 is 0 Å². The number of rotatable bonds is 4. The van der Waals surface area contributed by atoms with E-state index in [1.54, 1.807) is 6.20 Å². The summed E-state index contributed by atoms with van der Waals surface area (Å²) in [5, 5.41) is 10.1. The third kappa shape index (κ3) is 3.93. The maximum absolute atomic E-state index is 10.1. The van der Waals surface area contributed by atoms with Gasteiger partial charge in [-0.25, -0.2) is 4.98 Å². The lowest BCUT2D eigenvalue weighted by Crippen LogP contribution is -2.44. The van der Waals surface area contributed by atoms with E-state index in [1.807, 2.05) is 17.1 Å². The van der Waals surface area contributed by atoms with Crippen LogP contribution in [-0.2, 0) is 11.3 Å². The van der Waals surface area contributed by atoms with Crippen molar-refractivity contribution in [1.29, 1.82) is 0 Å². The predicted octanol–water partition coefficient (Wildman–Crippen LogP) is 1.14. The molecule has 4 rings (SSSR count). The second kappa shape index (κ2) is 7.66. The van der Waals surface area contributed by atoms with Crippen molar-refractivity contribution in [2.75, 3.05) is 39.4 Å². The second-order valence-corrected chi connectivity index (χ2v) is 6.97. The van der Waals surface area contributed by atoms with Crippen LogP contribution in [0.25, 0.3) is 5.69 Å². The minimum absolute atomic E-state index is 0.175. The Hall–Kier alpha value is -1.73. The fraction of sp³-hybridized carbons (Fsp3) is 0.526. The number of imidazole rings is 1. The van der Waals surface area contributed by atoms with E-state index in [2.05, 4.69) is 39.0 Å². The largest absolute Gasteiger partial charge is 0.389 e. The highest BCUT2D eigenvalue weighted by molar-refractivity contribution is 5.34. The first-order valence-corrected chi connectivity index (χ1v) is 9.09. The summed E-state index contributed by atoms with van der Waals surface area (Å²) in [4.78, 5) is 9.00. The van der Waals surface area contributed by atoms with E-state index in [4.69, 9.17) is 4.74 Å². The fourth-order valence-corrected chi connectivity index (χ4v) is 3.80. The Balaban J connectivity index is 1.33. The number of nitrogens with zero attached hydrogens (tertiary/aromatic N) is 4. The third-order valence-corrected chi connectivity index (χ3v) is 5.26. The quantitative estimate of drug-likeness (QED) is 0.903. The average Bonchev–Trinajstić information content (AvgIpc) is 3.25. The van der Waals surface area contributed by atoms with Crippen LogP contribution in [0.3, 0.4) is 0 Å². The van der Waals surface area contributed by atoms with E-state index >= 15 is 0 Å². The number of aliphatic hydroxyl groups is 1. The summed E-state index contributed by atoms with van der Waals surface area (Å²) in [6.07, 6.45) is 6.38. The smallest absolute Gasteiger partial charge is 0.0991 e. The summed E-state index contributed by atoms with van der Waals surface area (Å²) >= 11 is 0. The molecule has 0 aliphatic carbocycles. The van der Waals surface area contributed by atoms with Crippen LogP contribution in [0.2, 0.25) is 0 Å². The molecule has 25 heavy (non-hydrogen) atoms. The number of hydrogen-bond donors (Lipinski definition) is 1. The molecule has 2 saturated heterocycles. The van der Waals surface area contributed by atoms with E-state index in [0.717, 1.165) is 44.8 Å². The number of aliphatic hydroxyl groups excluding tert-OH is 1. The highest BCUT2D eigenvalue weighted by Crippen LogP contribution is 2.17.